The SMILES string of the molecule is O[SiH]1[Si]2(O)O[Si]3(O)[Si](O)(O)[Si]4(O)O[Si]1(O)[Si](O)(O)[Si](O)(O[Si](O)([Si]3(O)O)[Si]4(O)O)[Si]2(O)O. The third kappa shape index (κ3) is 2.03. The molecule has 0 amide bonds. The zero-order valence-electron chi connectivity index (χ0n) is 14.9. The summed E-state index contributed by atoms with van der Waals surface area (Å²) in [6, 6.07) is 0. The Morgan fingerprint density at radius 3 is 0.844 bits per heavy atom. The van der Waals surface area contributed by atoms with Crippen molar-refractivity contribution in [3.05, 3.63) is 0 Å². The van der Waals surface area contributed by atoms with Crippen LogP contribution in [0.4, 0.5) is 0 Å². The van der Waals surface area contributed by atoms with E-state index in [2.05, 4.69) is 4.12 Å². The standard InChI is InChI=1S/H18O20Si12/c1-21-27(12)18-29(14)24(6,7)30(15)19-28(21,13)23(4,5)31(16,22(27,2)3)20-32(17,25(29,8)9)26(30,10)11/h1-17,21H. The molecule has 5 saturated heterocycles. The Morgan fingerprint density at radius 1 is 0.344 bits per heavy atom. The van der Waals surface area contributed by atoms with Crippen LogP contribution < -0.4 is 0 Å². The zero-order valence-corrected chi connectivity index (χ0v) is 27.1. The van der Waals surface area contributed by atoms with Crippen LogP contribution in [-0.4, -0.2) is 173 Å². The predicted molar refractivity (Wildman–Crippen MR) is 111 cm³/mol. The van der Waals surface area contributed by atoms with E-state index in [9.17, 15) is 81.5 Å². The summed E-state index contributed by atoms with van der Waals surface area (Å²) in [5.74, 6) is 0. The molecule has 6 bridgehead atoms. The average Bonchev–Trinajstić information content (AvgIpc) is 2.62. The summed E-state index contributed by atoms with van der Waals surface area (Å²) < 4.78 is 14.1. The molecule has 17 N–H and O–H groups in total. The molecule has 4 unspecified atom stereocenters. The van der Waals surface area contributed by atoms with Crippen molar-refractivity contribution in [2.24, 2.45) is 0 Å². The molecule has 5 aliphatic rings. The second-order valence-electron chi connectivity index (χ2n) is 8.04. The second kappa shape index (κ2) is 6.09. The molecule has 20 nitrogen and oxygen atoms in total. The molecule has 186 valence electrons. The first-order valence-electron chi connectivity index (χ1n) is 8.14. The Labute approximate surface area is 185 Å². The molecule has 0 aromatic carbocycles. The van der Waals surface area contributed by atoms with Gasteiger partial charge in [-0.3, -0.25) is 0 Å². The van der Waals surface area contributed by atoms with Crippen LogP contribution in [0.2, 0.25) is 0 Å². The van der Waals surface area contributed by atoms with E-state index in [1.54, 1.807) is 0 Å². The fourth-order valence-electron chi connectivity index (χ4n) is 4.28. The number of hydrogen-bond donors (Lipinski definition) is 17. The van der Waals surface area contributed by atoms with Crippen molar-refractivity contribution in [1.82, 2.24) is 0 Å². The van der Waals surface area contributed by atoms with Crippen LogP contribution >= 0.6 is 0 Å². The summed E-state index contributed by atoms with van der Waals surface area (Å²) >= 11 is 0. The van der Waals surface area contributed by atoms with Crippen LogP contribution in [0.5, 0.6) is 0 Å². The van der Waals surface area contributed by atoms with Crippen molar-refractivity contribution in [3.63, 3.8) is 0 Å². The van der Waals surface area contributed by atoms with Crippen LogP contribution in [0, 0.1) is 0 Å². The Kier molecular flexibility index (Phi) is 5.11. The fraction of sp³-hybridized carbons (Fsp3) is 0. The molecule has 0 aliphatic carbocycles. The summed E-state index contributed by atoms with van der Waals surface area (Å²) in [7, 11) is -77.4. The molecule has 5 rings (SSSR count). The molecular weight excluding hydrogens is 657 g/mol. The van der Waals surface area contributed by atoms with E-state index in [1.165, 1.54) is 0 Å². The smallest absolute Gasteiger partial charge is 0.426 e. The van der Waals surface area contributed by atoms with Crippen molar-refractivity contribution in [3.8, 4) is 0 Å². The van der Waals surface area contributed by atoms with Crippen molar-refractivity contribution in [2.75, 3.05) is 0 Å². The highest BCUT2D eigenvalue weighted by Crippen LogP contribution is 2.55. The van der Waals surface area contributed by atoms with E-state index in [4.69, 9.17) is 8.23 Å². The van der Waals surface area contributed by atoms with E-state index >= 15 is 0 Å². The minimum atomic E-state index is -6.72. The summed E-state index contributed by atoms with van der Waals surface area (Å²) in [5.41, 5.74) is 0. The van der Waals surface area contributed by atoms with Gasteiger partial charge in [-0.1, -0.05) is 0 Å². The van der Waals surface area contributed by atoms with Crippen LogP contribution in [-0.2, 0) is 12.3 Å². The first-order chi connectivity index (χ1) is 13.8. The van der Waals surface area contributed by atoms with Crippen molar-refractivity contribution >= 4 is 91.6 Å². The van der Waals surface area contributed by atoms with Crippen molar-refractivity contribution in [1.29, 1.82) is 0 Å². The molecule has 5 aliphatic heterocycles. The third-order valence-electron chi connectivity index (χ3n) is 6.42. The molecular formula is H18O20Si12. The minimum Gasteiger partial charge on any atom is -0.431 e. The molecule has 0 spiro atoms. The van der Waals surface area contributed by atoms with Gasteiger partial charge in [0.15, 0.2) is 0 Å². The maximum atomic E-state index is 11.0. The zero-order chi connectivity index (χ0) is 25.2. The molecule has 0 aromatic heterocycles. The van der Waals surface area contributed by atoms with Gasteiger partial charge in [-0.05, 0) is 0 Å². The molecule has 32 heavy (non-hydrogen) atoms. The van der Waals surface area contributed by atoms with Gasteiger partial charge in [0.1, 0.15) is 0 Å². The molecule has 5 fully saturated rings. The van der Waals surface area contributed by atoms with Gasteiger partial charge in [-0.15, -0.1) is 0 Å². The predicted octanol–water partition coefficient (Wildman–Crippen LogP) is -14.5. The lowest BCUT2D eigenvalue weighted by molar-refractivity contribution is 0.209. The lowest BCUT2D eigenvalue weighted by atomic mass is 15.7. The van der Waals surface area contributed by atoms with Gasteiger partial charge < -0.3 is 93.9 Å². The summed E-state index contributed by atoms with van der Waals surface area (Å²) in [6.45, 7) is 0. The lowest BCUT2D eigenvalue weighted by Gasteiger charge is -2.68. The van der Waals surface area contributed by atoms with E-state index < -0.39 is 91.6 Å². The topological polar surface area (TPSA) is 372 Å². The summed E-state index contributed by atoms with van der Waals surface area (Å²) in [6.07, 6.45) is 0. The first-order valence-corrected chi connectivity index (χ1v) is 42.9. The van der Waals surface area contributed by atoms with Gasteiger partial charge >= 0.3 is 83.6 Å². The Balaban J connectivity index is 2.31. The van der Waals surface area contributed by atoms with Crippen LogP contribution in [0.25, 0.3) is 0 Å². The second-order valence-corrected chi connectivity index (χ2v) is 94.1. The van der Waals surface area contributed by atoms with Crippen LogP contribution in [0.15, 0.2) is 0 Å². The Bertz CT molecular complexity index is 816. The highest BCUT2D eigenvalue weighted by atomic mass is 30.3. The van der Waals surface area contributed by atoms with Gasteiger partial charge in [-0.25, -0.2) is 0 Å². The van der Waals surface area contributed by atoms with Crippen LogP contribution in [0.3, 0.4) is 0 Å². The van der Waals surface area contributed by atoms with Gasteiger partial charge in [0, 0.05) is 0 Å². The lowest BCUT2D eigenvalue weighted by Crippen LogP contribution is -3.20. The quantitative estimate of drug-likeness (QED) is 0.106. The van der Waals surface area contributed by atoms with Crippen molar-refractivity contribution in [2.45, 2.75) is 0 Å². The normalized spacial score (nSPS) is 58.2. The molecule has 32 heteroatoms. The number of hydrogen-bond acceptors (Lipinski definition) is 20. The van der Waals surface area contributed by atoms with Gasteiger partial charge in [0.25, 0.3) is 8.08 Å². The van der Waals surface area contributed by atoms with Gasteiger partial charge in [0.05, 0.1) is 0 Å². The Morgan fingerprint density at radius 2 is 0.562 bits per heavy atom. The highest BCUT2D eigenvalue weighted by Gasteiger charge is 3.13. The molecule has 0 saturated carbocycles. The van der Waals surface area contributed by atoms with Crippen molar-refractivity contribution < 1.29 is 93.9 Å². The molecule has 4 atom stereocenters. The minimum absolute atomic E-state index is 4.66. The first kappa shape index (κ1) is 26.9. The van der Waals surface area contributed by atoms with Gasteiger partial charge in [0.2, 0.25) is 0 Å². The summed E-state index contributed by atoms with van der Waals surface area (Å²) in [5, 5.41) is 0. The van der Waals surface area contributed by atoms with Crippen LogP contribution in [0.1, 0.15) is 0 Å². The maximum Gasteiger partial charge on any atom is 0.426 e. The highest BCUT2D eigenvalue weighted by molar-refractivity contribution is 8.11. The van der Waals surface area contributed by atoms with E-state index in [0.29, 0.717) is 0 Å². The van der Waals surface area contributed by atoms with Gasteiger partial charge in [-0.2, -0.15) is 0 Å². The summed E-state index contributed by atoms with van der Waals surface area (Å²) in [4.78, 5) is 184. The average molecular weight is 675 g/mol. The number of rotatable bonds is 0. The Hall–Kier alpha value is 1.80. The molecule has 0 aromatic rings. The van der Waals surface area contributed by atoms with E-state index in [0.717, 1.165) is 0 Å². The monoisotopic (exact) mass is 674 g/mol. The third-order valence-corrected chi connectivity index (χ3v) is 173. The fourth-order valence-corrected chi connectivity index (χ4v) is 306. The molecule has 5 heterocycles. The maximum absolute atomic E-state index is 11.0. The van der Waals surface area contributed by atoms with E-state index in [-0.39, 0.29) is 0 Å². The molecule has 0 radical (unpaired) electrons. The van der Waals surface area contributed by atoms with E-state index in [1.807, 2.05) is 0 Å². The largest absolute Gasteiger partial charge is 0.431 e.